The SMILES string of the molecule is C=CCO[C@]1(C(=O)O)C[C@@H](O[C@H]2O[C@H]([C@@H](O)CO)[C@@H](O)[C@H](O)[C@@H]2O)[C@@H](O)[C@@H]([C@H](O)CO)O1. The first kappa shape index (κ1) is 27.0. The first-order chi connectivity index (χ1) is 15.0. The van der Waals surface area contributed by atoms with Gasteiger partial charge in [-0.1, -0.05) is 6.08 Å². The van der Waals surface area contributed by atoms with Gasteiger partial charge in [-0.3, -0.25) is 0 Å². The zero-order valence-corrected chi connectivity index (χ0v) is 17.0. The van der Waals surface area contributed by atoms with E-state index >= 15 is 0 Å². The zero-order valence-electron chi connectivity index (χ0n) is 17.0. The third-order valence-electron chi connectivity index (χ3n) is 5.32. The van der Waals surface area contributed by atoms with Gasteiger partial charge in [0.15, 0.2) is 6.29 Å². The van der Waals surface area contributed by atoms with E-state index in [1.165, 1.54) is 6.08 Å². The highest BCUT2D eigenvalue weighted by atomic mass is 16.7. The molecule has 0 amide bonds. The monoisotopic (exact) mass is 470 g/mol. The van der Waals surface area contributed by atoms with Crippen LogP contribution in [0, 0.1) is 0 Å². The van der Waals surface area contributed by atoms with Crippen LogP contribution >= 0.6 is 0 Å². The van der Waals surface area contributed by atoms with Gasteiger partial charge < -0.3 is 64.9 Å². The van der Waals surface area contributed by atoms with Crippen LogP contribution in [0.1, 0.15) is 6.42 Å². The summed E-state index contributed by atoms with van der Waals surface area (Å²) in [6.45, 7) is 1.31. The van der Waals surface area contributed by atoms with Crippen molar-refractivity contribution in [1.82, 2.24) is 0 Å². The molecule has 14 nitrogen and oxygen atoms in total. The quantitative estimate of drug-likeness (QED) is 0.136. The fraction of sp³-hybridized carbons (Fsp3) is 0.833. The lowest BCUT2D eigenvalue weighted by Crippen LogP contribution is -2.66. The molecule has 0 bridgehead atoms. The number of carbonyl (C=O) groups is 1. The minimum atomic E-state index is -2.46. The molecule has 32 heavy (non-hydrogen) atoms. The van der Waals surface area contributed by atoms with Gasteiger partial charge in [0.25, 0.3) is 5.79 Å². The van der Waals surface area contributed by atoms with E-state index in [4.69, 9.17) is 24.1 Å². The Morgan fingerprint density at radius 1 is 1.03 bits per heavy atom. The Morgan fingerprint density at radius 3 is 2.16 bits per heavy atom. The van der Waals surface area contributed by atoms with Gasteiger partial charge in [-0.2, -0.15) is 0 Å². The number of hydrogen-bond acceptors (Lipinski definition) is 13. The number of aliphatic hydroxyl groups excluding tert-OH is 8. The standard InChI is InChI=1S/C18H30O14/c1-2-3-29-18(17(27)28)4-9(10(23)15(32-18)8(22)6-20)30-16-13(26)11(24)12(25)14(31-16)7(21)5-19/h2,7-16,19-26H,1,3-6H2,(H,27,28)/t7-,8+,9+,10+,11-,12-,13-,14+,15+,16-,18+/m0/s1. The van der Waals surface area contributed by atoms with Crippen molar-refractivity contribution >= 4 is 5.97 Å². The molecule has 2 aliphatic heterocycles. The number of carboxylic acids is 1. The van der Waals surface area contributed by atoms with Crippen molar-refractivity contribution in [2.75, 3.05) is 19.8 Å². The molecule has 0 aromatic heterocycles. The van der Waals surface area contributed by atoms with Crippen LogP contribution in [0.4, 0.5) is 0 Å². The highest BCUT2D eigenvalue weighted by Gasteiger charge is 2.57. The van der Waals surface area contributed by atoms with E-state index in [0.29, 0.717) is 0 Å². The van der Waals surface area contributed by atoms with E-state index in [9.17, 15) is 45.6 Å². The molecule has 2 heterocycles. The number of hydrogen-bond donors (Lipinski definition) is 9. The topological polar surface area (TPSA) is 236 Å². The maximum atomic E-state index is 11.9. The van der Waals surface area contributed by atoms with E-state index < -0.39 is 92.6 Å². The van der Waals surface area contributed by atoms with Crippen molar-refractivity contribution in [3.63, 3.8) is 0 Å². The maximum Gasteiger partial charge on any atom is 0.364 e. The van der Waals surface area contributed by atoms with Crippen LogP contribution < -0.4 is 0 Å². The second-order valence-electron chi connectivity index (χ2n) is 7.55. The summed E-state index contributed by atoms with van der Waals surface area (Å²) in [6, 6.07) is 0. The third kappa shape index (κ3) is 5.44. The molecular formula is C18H30O14. The predicted molar refractivity (Wildman–Crippen MR) is 99.8 cm³/mol. The van der Waals surface area contributed by atoms with Gasteiger partial charge in [0.2, 0.25) is 0 Å². The van der Waals surface area contributed by atoms with Crippen LogP contribution in [-0.4, -0.2) is 139 Å². The molecule has 0 aromatic rings. The minimum absolute atomic E-state index is 0.310. The van der Waals surface area contributed by atoms with Crippen molar-refractivity contribution in [3.8, 4) is 0 Å². The van der Waals surface area contributed by atoms with Crippen LogP contribution in [0.5, 0.6) is 0 Å². The van der Waals surface area contributed by atoms with Gasteiger partial charge in [0.05, 0.1) is 25.9 Å². The fourth-order valence-corrected chi connectivity index (χ4v) is 3.54. The summed E-state index contributed by atoms with van der Waals surface area (Å²) >= 11 is 0. The summed E-state index contributed by atoms with van der Waals surface area (Å²) in [5.41, 5.74) is 0. The molecule has 0 spiro atoms. The molecule has 0 saturated carbocycles. The Bertz CT molecular complexity index is 633. The maximum absolute atomic E-state index is 11.9. The summed E-state index contributed by atoms with van der Waals surface area (Å²) in [4.78, 5) is 11.9. The summed E-state index contributed by atoms with van der Waals surface area (Å²) < 4.78 is 21.3. The second-order valence-corrected chi connectivity index (χ2v) is 7.55. The summed E-state index contributed by atoms with van der Waals surface area (Å²) in [7, 11) is 0. The number of rotatable bonds is 10. The molecule has 0 radical (unpaired) electrons. The molecule has 14 heteroatoms. The first-order valence-electron chi connectivity index (χ1n) is 9.80. The number of aliphatic hydroxyl groups is 8. The molecule has 11 atom stereocenters. The fourth-order valence-electron chi connectivity index (χ4n) is 3.54. The predicted octanol–water partition coefficient (Wildman–Crippen LogP) is -4.98. The molecule has 0 aromatic carbocycles. The third-order valence-corrected chi connectivity index (χ3v) is 5.32. The molecule has 9 N–H and O–H groups in total. The van der Waals surface area contributed by atoms with Gasteiger partial charge in [-0.05, 0) is 0 Å². The second kappa shape index (κ2) is 11.2. The molecule has 2 saturated heterocycles. The summed E-state index contributed by atoms with van der Waals surface area (Å²) in [5.74, 6) is -4.11. The Morgan fingerprint density at radius 2 is 1.62 bits per heavy atom. The number of carboxylic acid groups (broad SMARTS) is 1. The van der Waals surface area contributed by atoms with Crippen molar-refractivity contribution in [2.45, 2.75) is 73.4 Å². The molecule has 2 fully saturated rings. The van der Waals surface area contributed by atoms with Gasteiger partial charge in [-0.25, -0.2) is 4.79 Å². The van der Waals surface area contributed by atoms with Crippen LogP contribution in [-0.2, 0) is 23.7 Å². The average molecular weight is 470 g/mol. The molecule has 0 aliphatic carbocycles. The Labute approximate surface area is 182 Å². The van der Waals surface area contributed by atoms with Crippen molar-refractivity contribution in [2.24, 2.45) is 0 Å². The van der Waals surface area contributed by atoms with E-state index in [1.54, 1.807) is 0 Å². The molecule has 0 unspecified atom stereocenters. The zero-order chi connectivity index (χ0) is 24.2. The average Bonchev–Trinajstić information content (AvgIpc) is 2.78. The molecule has 2 aliphatic rings. The van der Waals surface area contributed by atoms with Crippen molar-refractivity contribution in [3.05, 3.63) is 12.7 Å². The highest BCUT2D eigenvalue weighted by molar-refractivity contribution is 5.76. The summed E-state index contributed by atoms with van der Waals surface area (Å²) in [5, 5.41) is 88.8. The first-order valence-corrected chi connectivity index (χ1v) is 9.80. The highest BCUT2D eigenvalue weighted by Crippen LogP contribution is 2.36. The number of aliphatic carboxylic acids is 1. The molecule has 186 valence electrons. The lowest BCUT2D eigenvalue weighted by molar-refractivity contribution is -0.363. The Balaban J connectivity index is 2.33. The lowest BCUT2D eigenvalue weighted by atomic mass is 9.91. The molecular weight excluding hydrogens is 440 g/mol. The summed E-state index contributed by atoms with van der Waals surface area (Å²) in [6.07, 6.45) is -16.9. The molecule has 2 rings (SSSR count). The minimum Gasteiger partial charge on any atom is -0.477 e. The van der Waals surface area contributed by atoms with Crippen LogP contribution in [0.25, 0.3) is 0 Å². The van der Waals surface area contributed by atoms with Gasteiger partial charge in [0, 0.05) is 6.42 Å². The van der Waals surface area contributed by atoms with Crippen LogP contribution in [0.15, 0.2) is 12.7 Å². The van der Waals surface area contributed by atoms with Crippen LogP contribution in [0.3, 0.4) is 0 Å². The Kier molecular flexibility index (Phi) is 9.47. The largest absolute Gasteiger partial charge is 0.477 e. The number of ether oxygens (including phenoxy) is 4. The Hall–Kier alpha value is -1.27. The van der Waals surface area contributed by atoms with Crippen molar-refractivity contribution in [1.29, 1.82) is 0 Å². The smallest absolute Gasteiger partial charge is 0.364 e. The van der Waals surface area contributed by atoms with Crippen LogP contribution in [0.2, 0.25) is 0 Å². The normalized spacial score (nSPS) is 42.2. The van der Waals surface area contributed by atoms with Gasteiger partial charge in [0.1, 0.15) is 48.8 Å². The van der Waals surface area contributed by atoms with E-state index in [0.717, 1.165) is 0 Å². The van der Waals surface area contributed by atoms with E-state index in [2.05, 4.69) is 6.58 Å². The van der Waals surface area contributed by atoms with E-state index in [-0.39, 0.29) is 6.61 Å². The van der Waals surface area contributed by atoms with Gasteiger partial charge in [-0.15, -0.1) is 6.58 Å². The van der Waals surface area contributed by atoms with Gasteiger partial charge >= 0.3 is 5.97 Å². The van der Waals surface area contributed by atoms with Crippen molar-refractivity contribution < 1.29 is 69.7 Å². The lowest BCUT2D eigenvalue weighted by Gasteiger charge is -2.48. The van der Waals surface area contributed by atoms with E-state index in [1.807, 2.05) is 0 Å².